The van der Waals surface area contributed by atoms with E-state index in [2.05, 4.69) is 5.32 Å². The first kappa shape index (κ1) is 13.9. The molecule has 94 valence electrons. The lowest BCUT2D eigenvalue weighted by molar-refractivity contribution is -0.119. The van der Waals surface area contributed by atoms with Crippen LogP contribution in [-0.2, 0) is 9.53 Å². The number of hydrogen-bond acceptors (Lipinski definition) is 4. The van der Waals surface area contributed by atoms with Gasteiger partial charge in [-0.25, -0.2) is 0 Å². The topological polar surface area (TPSA) is 58.6 Å². The van der Waals surface area contributed by atoms with E-state index in [1.165, 1.54) is 11.8 Å². The second-order valence-corrected chi connectivity index (χ2v) is 4.70. The highest BCUT2D eigenvalue weighted by molar-refractivity contribution is 8.00. The van der Waals surface area contributed by atoms with Crippen LogP contribution < -0.4 is 5.32 Å². The molecule has 0 bridgehead atoms. The number of amides is 1. The van der Waals surface area contributed by atoms with Crippen LogP contribution in [0.5, 0.6) is 5.75 Å². The number of rotatable bonds is 6. The molecule has 17 heavy (non-hydrogen) atoms. The summed E-state index contributed by atoms with van der Waals surface area (Å²) in [7, 11) is 1.60. The van der Waals surface area contributed by atoms with Gasteiger partial charge in [0.1, 0.15) is 5.75 Å². The molecule has 0 saturated carbocycles. The predicted molar refractivity (Wildman–Crippen MR) is 68.3 cm³/mol. The standard InChI is InChI=1S/C12H17NO3S/c1-9(7-16-2)13-12(15)8-17-11-6-4-3-5-10(11)14/h3-6,9,14H,7-8H2,1-2H3,(H,13,15). The Hall–Kier alpha value is -1.20. The molecule has 0 saturated heterocycles. The van der Waals surface area contributed by atoms with Crippen molar-refractivity contribution in [3.8, 4) is 5.75 Å². The van der Waals surface area contributed by atoms with Crippen LogP contribution in [0.25, 0.3) is 0 Å². The Morgan fingerprint density at radius 1 is 1.53 bits per heavy atom. The monoisotopic (exact) mass is 255 g/mol. The molecule has 0 aliphatic heterocycles. The summed E-state index contributed by atoms with van der Waals surface area (Å²) in [5.74, 6) is 0.420. The number of aromatic hydroxyl groups is 1. The first-order valence-corrected chi connectivity index (χ1v) is 6.31. The van der Waals surface area contributed by atoms with E-state index >= 15 is 0 Å². The van der Waals surface area contributed by atoms with E-state index in [0.717, 1.165) is 0 Å². The summed E-state index contributed by atoms with van der Waals surface area (Å²) in [4.78, 5) is 12.3. The highest BCUT2D eigenvalue weighted by Gasteiger charge is 2.08. The van der Waals surface area contributed by atoms with Gasteiger partial charge in [-0.05, 0) is 19.1 Å². The molecule has 1 rings (SSSR count). The molecule has 0 radical (unpaired) electrons. The van der Waals surface area contributed by atoms with Gasteiger partial charge in [0.15, 0.2) is 0 Å². The van der Waals surface area contributed by atoms with Crippen molar-refractivity contribution in [2.75, 3.05) is 19.5 Å². The van der Waals surface area contributed by atoms with Crippen LogP contribution >= 0.6 is 11.8 Å². The Morgan fingerprint density at radius 3 is 2.88 bits per heavy atom. The van der Waals surface area contributed by atoms with Gasteiger partial charge < -0.3 is 15.2 Å². The van der Waals surface area contributed by atoms with Crippen LogP contribution in [0.2, 0.25) is 0 Å². The summed E-state index contributed by atoms with van der Waals surface area (Å²) in [5.41, 5.74) is 0. The average Bonchev–Trinajstić information content (AvgIpc) is 2.28. The maximum absolute atomic E-state index is 11.5. The van der Waals surface area contributed by atoms with Crippen molar-refractivity contribution in [2.45, 2.75) is 17.9 Å². The number of ether oxygens (including phenoxy) is 1. The molecular formula is C12H17NO3S. The number of benzene rings is 1. The molecule has 1 amide bonds. The van der Waals surface area contributed by atoms with Gasteiger partial charge in [0.05, 0.1) is 12.4 Å². The summed E-state index contributed by atoms with van der Waals surface area (Å²) in [6.07, 6.45) is 0. The number of phenols is 1. The lowest BCUT2D eigenvalue weighted by Crippen LogP contribution is -2.36. The summed E-state index contributed by atoms with van der Waals surface area (Å²) in [6.45, 7) is 2.37. The van der Waals surface area contributed by atoms with Crippen molar-refractivity contribution in [1.29, 1.82) is 0 Å². The zero-order valence-electron chi connectivity index (χ0n) is 9.97. The summed E-state index contributed by atoms with van der Waals surface area (Å²) in [6, 6.07) is 6.96. The minimum Gasteiger partial charge on any atom is -0.507 e. The Kier molecular flexibility index (Phi) is 5.86. The predicted octanol–water partition coefficient (Wildman–Crippen LogP) is 1.64. The Labute approximate surface area is 105 Å². The van der Waals surface area contributed by atoms with E-state index in [-0.39, 0.29) is 23.5 Å². The van der Waals surface area contributed by atoms with E-state index in [1.54, 1.807) is 25.3 Å². The second kappa shape index (κ2) is 7.19. The van der Waals surface area contributed by atoms with Crippen molar-refractivity contribution in [1.82, 2.24) is 5.32 Å². The van der Waals surface area contributed by atoms with Crippen LogP contribution in [0.4, 0.5) is 0 Å². The molecule has 5 heteroatoms. The highest BCUT2D eigenvalue weighted by atomic mass is 32.2. The molecule has 0 spiro atoms. The van der Waals surface area contributed by atoms with Crippen LogP contribution in [0.3, 0.4) is 0 Å². The SMILES string of the molecule is COCC(C)NC(=O)CSc1ccccc1O. The molecule has 1 aromatic rings. The number of phenolic OH excluding ortho intramolecular Hbond substituents is 1. The molecular weight excluding hydrogens is 238 g/mol. The normalized spacial score (nSPS) is 12.1. The lowest BCUT2D eigenvalue weighted by Gasteiger charge is -2.12. The first-order valence-electron chi connectivity index (χ1n) is 5.32. The molecule has 0 aromatic heterocycles. The minimum atomic E-state index is -0.0668. The maximum Gasteiger partial charge on any atom is 0.230 e. The van der Waals surface area contributed by atoms with E-state index in [1.807, 2.05) is 13.0 Å². The number of carbonyl (C=O) groups is 1. The fourth-order valence-electron chi connectivity index (χ4n) is 1.33. The van der Waals surface area contributed by atoms with E-state index in [9.17, 15) is 9.90 Å². The van der Waals surface area contributed by atoms with Crippen molar-refractivity contribution >= 4 is 17.7 Å². The van der Waals surface area contributed by atoms with Gasteiger partial charge in [-0.1, -0.05) is 12.1 Å². The smallest absolute Gasteiger partial charge is 0.230 e. The molecule has 0 aliphatic rings. The fraction of sp³-hybridized carbons (Fsp3) is 0.417. The zero-order chi connectivity index (χ0) is 12.7. The zero-order valence-corrected chi connectivity index (χ0v) is 10.8. The Bertz CT molecular complexity index is 371. The number of para-hydroxylation sites is 1. The van der Waals surface area contributed by atoms with Crippen LogP contribution in [0.1, 0.15) is 6.92 Å². The van der Waals surface area contributed by atoms with Gasteiger partial charge in [-0.3, -0.25) is 4.79 Å². The molecule has 1 unspecified atom stereocenters. The van der Waals surface area contributed by atoms with Crippen LogP contribution in [0, 0.1) is 0 Å². The fourth-order valence-corrected chi connectivity index (χ4v) is 2.09. The second-order valence-electron chi connectivity index (χ2n) is 3.68. The first-order chi connectivity index (χ1) is 8.13. The van der Waals surface area contributed by atoms with Crippen LogP contribution in [-0.4, -0.2) is 36.5 Å². The third kappa shape index (κ3) is 5.10. The van der Waals surface area contributed by atoms with Gasteiger partial charge in [0.25, 0.3) is 0 Å². The van der Waals surface area contributed by atoms with E-state index in [0.29, 0.717) is 11.5 Å². The Morgan fingerprint density at radius 2 is 2.24 bits per heavy atom. The summed E-state index contributed by atoms with van der Waals surface area (Å²) in [5, 5.41) is 12.3. The molecule has 4 nitrogen and oxygen atoms in total. The van der Waals surface area contributed by atoms with Gasteiger partial charge in [-0.15, -0.1) is 11.8 Å². The van der Waals surface area contributed by atoms with Gasteiger partial charge in [0.2, 0.25) is 5.91 Å². The van der Waals surface area contributed by atoms with Gasteiger partial charge in [0, 0.05) is 18.0 Å². The molecule has 0 fully saturated rings. The van der Waals surface area contributed by atoms with Crippen molar-refractivity contribution in [3.05, 3.63) is 24.3 Å². The van der Waals surface area contributed by atoms with Crippen molar-refractivity contribution < 1.29 is 14.6 Å². The average molecular weight is 255 g/mol. The third-order valence-electron chi connectivity index (χ3n) is 2.05. The maximum atomic E-state index is 11.5. The molecule has 0 aliphatic carbocycles. The molecule has 1 atom stereocenters. The van der Waals surface area contributed by atoms with Crippen molar-refractivity contribution in [2.24, 2.45) is 0 Å². The van der Waals surface area contributed by atoms with E-state index < -0.39 is 0 Å². The number of nitrogens with one attached hydrogen (secondary N) is 1. The van der Waals surface area contributed by atoms with Crippen molar-refractivity contribution in [3.63, 3.8) is 0 Å². The highest BCUT2D eigenvalue weighted by Crippen LogP contribution is 2.27. The number of methoxy groups -OCH3 is 1. The molecule has 0 heterocycles. The number of thioether (sulfide) groups is 1. The summed E-state index contributed by atoms with van der Waals surface area (Å²) >= 11 is 1.31. The van der Waals surface area contributed by atoms with Crippen LogP contribution in [0.15, 0.2) is 29.2 Å². The summed E-state index contributed by atoms with van der Waals surface area (Å²) < 4.78 is 4.92. The number of carbonyl (C=O) groups excluding carboxylic acids is 1. The third-order valence-corrected chi connectivity index (χ3v) is 3.11. The number of hydrogen-bond donors (Lipinski definition) is 2. The minimum absolute atomic E-state index is 0.00234. The molecule has 1 aromatic carbocycles. The lowest BCUT2D eigenvalue weighted by atomic mass is 10.3. The molecule has 2 N–H and O–H groups in total. The van der Waals surface area contributed by atoms with Gasteiger partial charge in [-0.2, -0.15) is 0 Å². The van der Waals surface area contributed by atoms with Gasteiger partial charge >= 0.3 is 0 Å². The Balaban J connectivity index is 2.36. The largest absolute Gasteiger partial charge is 0.507 e. The van der Waals surface area contributed by atoms with E-state index in [4.69, 9.17) is 4.74 Å². The quantitative estimate of drug-likeness (QED) is 0.759.